The van der Waals surface area contributed by atoms with Crippen molar-refractivity contribution in [3.63, 3.8) is 0 Å². The molecule has 0 atom stereocenters. The van der Waals surface area contributed by atoms with Crippen LogP contribution in [0.25, 0.3) is 0 Å². The number of nitrogens with two attached hydrogens (primary N) is 3. The maximum absolute atomic E-state index is 11.9. The van der Waals surface area contributed by atoms with Crippen molar-refractivity contribution in [3.8, 4) is 5.75 Å². The van der Waals surface area contributed by atoms with Crippen molar-refractivity contribution in [1.29, 1.82) is 0 Å². The lowest BCUT2D eigenvalue weighted by Gasteiger charge is -2.19. The van der Waals surface area contributed by atoms with Gasteiger partial charge in [0.2, 0.25) is 17.7 Å². The highest BCUT2D eigenvalue weighted by atomic mass is 16.5. The Morgan fingerprint density at radius 2 is 1.62 bits per heavy atom. The van der Waals surface area contributed by atoms with Gasteiger partial charge in [-0.15, -0.1) is 0 Å². The number of anilines is 1. The fourth-order valence-corrected chi connectivity index (χ4v) is 1.63. The molecule has 0 saturated heterocycles. The molecule has 8 nitrogen and oxygen atoms in total. The van der Waals surface area contributed by atoms with Gasteiger partial charge in [0.05, 0.1) is 31.8 Å². The number of hydrogen-bond acceptors (Lipinski definition) is 5. The first kappa shape index (κ1) is 16.3. The van der Waals surface area contributed by atoms with Crippen LogP contribution < -0.4 is 21.9 Å². The van der Waals surface area contributed by atoms with E-state index in [0.717, 1.165) is 4.90 Å². The topological polar surface area (TPSA) is 142 Å². The van der Waals surface area contributed by atoms with Crippen LogP contribution in [0.2, 0.25) is 0 Å². The van der Waals surface area contributed by atoms with Gasteiger partial charge in [-0.3, -0.25) is 14.4 Å². The molecule has 3 amide bonds. The van der Waals surface area contributed by atoms with Gasteiger partial charge in [-0.1, -0.05) is 12.1 Å². The van der Waals surface area contributed by atoms with Gasteiger partial charge in [-0.2, -0.15) is 0 Å². The third-order valence-corrected chi connectivity index (χ3v) is 2.54. The number of amides is 3. The highest BCUT2D eigenvalue weighted by molar-refractivity contribution is 5.88. The second-order valence-electron chi connectivity index (χ2n) is 4.32. The van der Waals surface area contributed by atoms with Gasteiger partial charge in [-0.25, -0.2) is 0 Å². The van der Waals surface area contributed by atoms with E-state index in [1.807, 2.05) is 0 Å². The highest BCUT2D eigenvalue weighted by Gasteiger charge is 2.17. The van der Waals surface area contributed by atoms with Crippen LogP contribution in [0.1, 0.15) is 6.42 Å². The summed E-state index contributed by atoms with van der Waals surface area (Å²) in [7, 11) is 0. The Labute approximate surface area is 121 Å². The molecule has 6 N–H and O–H groups in total. The van der Waals surface area contributed by atoms with Gasteiger partial charge >= 0.3 is 0 Å². The maximum atomic E-state index is 11.9. The lowest BCUT2D eigenvalue weighted by atomic mass is 10.3. The zero-order valence-corrected chi connectivity index (χ0v) is 11.5. The van der Waals surface area contributed by atoms with Crippen LogP contribution in [0.4, 0.5) is 5.69 Å². The first-order chi connectivity index (χ1) is 9.90. The molecule has 0 aromatic heterocycles. The van der Waals surface area contributed by atoms with E-state index in [-0.39, 0.29) is 26.1 Å². The number of ether oxygens (including phenoxy) is 1. The third-order valence-electron chi connectivity index (χ3n) is 2.54. The predicted molar refractivity (Wildman–Crippen MR) is 75.9 cm³/mol. The second-order valence-corrected chi connectivity index (χ2v) is 4.32. The summed E-state index contributed by atoms with van der Waals surface area (Å²) in [5.74, 6) is -1.45. The summed E-state index contributed by atoms with van der Waals surface area (Å²) in [5.41, 5.74) is 16.2. The van der Waals surface area contributed by atoms with Crippen LogP contribution in [0.15, 0.2) is 24.3 Å². The summed E-state index contributed by atoms with van der Waals surface area (Å²) in [6.07, 6.45) is -0.0328. The van der Waals surface area contributed by atoms with Crippen LogP contribution in [-0.2, 0) is 14.4 Å². The van der Waals surface area contributed by atoms with Crippen LogP contribution in [0.5, 0.6) is 5.75 Å². The van der Waals surface area contributed by atoms with Crippen molar-refractivity contribution in [2.24, 2.45) is 11.5 Å². The molecule has 114 valence electrons. The van der Waals surface area contributed by atoms with Crippen LogP contribution >= 0.6 is 0 Å². The van der Waals surface area contributed by atoms with E-state index in [9.17, 15) is 14.4 Å². The number of para-hydroxylation sites is 2. The Kier molecular flexibility index (Phi) is 5.99. The summed E-state index contributed by atoms with van der Waals surface area (Å²) >= 11 is 0. The fourth-order valence-electron chi connectivity index (χ4n) is 1.63. The summed E-state index contributed by atoms with van der Waals surface area (Å²) in [6.45, 7) is -0.675. The zero-order valence-electron chi connectivity index (χ0n) is 11.5. The quantitative estimate of drug-likeness (QED) is 0.518. The predicted octanol–water partition coefficient (Wildman–Crippen LogP) is -1.16. The molecular formula is C13H18N4O4. The van der Waals surface area contributed by atoms with Crippen molar-refractivity contribution in [2.75, 3.05) is 25.4 Å². The molecule has 0 radical (unpaired) electrons. The van der Waals surface area contributed by atoms with Gasteiger partial charge in [0.15, 0.2) is 0 Å². The normalized spacial score (nSPS) is 9.90. The maximum Gasteiger partial charge on any atom is 0.237 e. The minimum Gasteiger partial charge on any atom is -0.491 e. The molecule has 0 fully saturated rings. The van der Waals surface area contributed by atoms with Crippen molar-refractivity contribution in [1.82, 2.24) is 4.90 Å². The van der Waals surface area contributed by atoms with Crippen molar-refractivity contribution >= 4 is 23.4 Å². The van der Waals surface area contributed by atoms with Gasteiger partial charge < -0.3 is 26.8 Å². The number of nitrogens with zero attached hydrogens (tertiary/aromatic N) is 1. The lowest BCUT2D eigenvalue weighted by molar-refractivity contribution is -0.138. The Hall–Kier alpha value is -2.77. The minimum atomic E-state index is -0.724. The van der Waals surface area contributed by atoms with Crippen LogP contribution in [0, 0.1) is 0 Å². The van der Waals surface area contributed by atoms with E-state index in [0.29, 0.717) is 11.4 Å². The summed E-state index contributed by atoms with van der Waals surface area (Å²) in [5, 5.41) is 0. The Morgan fingerprint density at radius 1 is 1.05 bits per heavy atom. The SMILES string of the molecule is NC(=O)CN(CC(N)=O)C(=O)CCOc1ccccc1N. The van der Waals surface area contributed by atoms with E-state index >= 15 is 0 Å². The molecule has 0 spiro atoms. The number of primary amides is 2. The third kappa shape index (κ3) is 5.81. The molecular weight excluding hydrogens is 276 g/mol. The summed E-state index contributed by atoms with van der Waals surface area (Å²) < 4.78 is 5.36. The fraction of sp³-hybridized carbons (Fsp3) is 0.308. The average molecular weight is 294 g/mol. The van der Waals surface area contributed by atoms with E-state index in [1.165, 1.54) is 0 Å². The summed E-state index contributed by atoms with van der Waals surface area (Å²) in [4.78, 5) is 34.6. The monoisotopic (exact) mass is 294 g/mol. The number of hydrogen-bond donors (Lipinski definition) is 3. The molecule has 8 heteroatoms. The van der Waals surface area contributed by atoms with Gasteiger partial charge in [0.25, 0.3) is 0 Å². The molecule has 0 aliphatic heterocycles. The van der Waals surface area contributed by atoms with Gasteiger partial charge in [-0.05, 0) is 12.1 Å². The Bertz CT molecular complexity index is 517. The number of benzene rings is 1. The van der Waals surface area contributed by atoms with E-state index in [2.05, 4.69) is 0 Å². The van der Waals surface area contributed by atoms with E-state index < -0.39 is 17.7 Å². The van der Waals surface area contributed by atoms with Gasteiger partial charge in [0.1, 0.15) is 5.75 Å². The first-order valence-electron chi connectivity index (χ1n) is 6.22. The molecule has 0 bridgehead atoms. The lowest BCUT2D eigenvalue weighted by Crippen LogP contribution is -2.43. The van der Waals surface area contributed by atoms with Crippen molar-refractivity contribution in [2.45, 2.75) is 6.42 Å². The highest BCUT2D eigenvalue weighted by Crippen LogP contribution is 2.19. The first-order valence-corrected chi connectivity index (χ1v) is 6.22. The molecule has 0 aliphatic carbocycles. The van der Waals surface area contributed by atoms with Gasteiger partial charge in [0, 0.05) is 0 Å². The molecule has 0 saturated carbocycles. The van der Waals surface area contributed by atoms with E-state index in [4.69, 9.17) is 21.9 Å². The Balaban J connectivity index is 2.51. The zero-order chi connectivity index (χ0) is 15.8. The van der Waals surface area contributed by atoms with Crippen molar-refractivity contribution < 1.29 is 19.1 Å². The second kappa shape index (κ2) is 7.73. The summed E-state index contributed by atoms with van der Waals surface area (Å²) in [6, 6.07) is 6.85. The molecule has 0 aliphatic rings. The molecule has 1 aromatic rings. The van der Waals surface area contributed by atoms with Crippen LogP contribution in [0.3, 0.4) is 0 Å². The number of nitrogen functional groups attached to an aromatic ring is 1. The standard InChI is InChI=1S/C13H18N4O4/c14-9-3-1-2-4-10(9)21-6-5-13(20)17(7-11(15)18)8-12(16)19/h1-4H,5-8,14H2,(H2,15,18)(H2,16,19). The molecule has 0 unspecified atom stereocenters. The molecule has 1 aromatic carbocycles. The minimum absolute atomic E-state index is 0.0328. The average Bonchev–Trinajstić information content (AvgIpc) is 2.39. The van der Waals surface area contributed by atoms with Crippen molar-refractivity contribution in [3.05, 3.63) is 24.3 Å². The Morgan fingerprint density at radius 3 is 2.14 bits per heavy atom. The molecule has 21 heavy (non-hydrogen) atoms. The number of rotatable bonds is 8. The largest absolute Gasteiger partial charge is 0.491 e. The molecule has 0 heterocycles. The van der Waals surface area contributed by atoms with E-state index in [1.54, 1.807) is 24.3 Å². The smallest absolute Gasteiger partial charge is 0.237 e. The van der Waals surface area contributed by atoms with Crippen LogP contribution in [-0.4, -0.2) is 42.3 Å². The molecule has 1 rings (SSSR count). The number of carbonyl (C=O) groups is 3. The number of carbonyl (C=O) groups excluding carboxylic acids is 3.